The largest absolute Gasteiger partial charge is 0.0992 e. The molecule has 0 fully saturated rings. The van der Waals surface area contributed by atoms with Gasteiger partial charge < -0.3 is 0 Å². The van der Waals surface area contributed by atoms with E-state index in [0.717, 1.165) is 5.57 Å². The molecule has 56 valence electrons. The standard InChI is InChI=1S/C9H16Si/c1-7-8(2)9(3)10(4,5)6/h7H,1-3H2,4-6H3. The van der Waals surface area contributed by atoms with Crippen LogP contribution in [0.15, 0.2) is 36.6 Å². The van der Waals surface area contributed by atoms with Crippen LogP contribution < -0.4 is 0 Å². The van der Waals surface area contributed by atoms with Gasteiger partial charge in [-0.05, 0) is 5.57 Å². The van der Waals surface area contributed by atoms with E-state index in [1.807, 2.05) is 0 Å². The van der Waals surface area contributed by atoms with Gasteiger partial charge in [0.25, 0.3) is 0 Å². The van der Waals surface area contributed by atoms with Gasteiger partial charge >= 0.3 is 0 Å². The molecule has 0 rings (SSSR count). The molecule has 0 spiro atoms. The molecule has 0 unspecified atom stereocenters. The van der Waals surface area contributed by atoms with Gasteiger partial charge in [-0.3, -0.25) is 0 Å². The van der Waals surface area contributed by atoms with Crippen molar-refractivity contribution in [3.8, 4) is 0 Å². The lowest BCUT2D eigenvalue weighted by Gasteiger charge is -2.19. The van der Waals surface area contributed by atoms with Gasteiger partial charge in [-0.2, -0.15) is 0 Å². The molecule has 0 bridgehead atoms. The van der Waals surface area contributed by atoms with Crippen molar-refractivity contribution in [3.05, 3.63) is 36.6 Å². The third kappa shape index (κ3) is 2.36. The van der Waals surface area contributed by atoms with Crippen LogP contribution >= 0.6 is 0 Å². The minimum Gasteiger partial charge on any atom is -0.0992 e. The number of rotatable bonds is 3. The molecule has 10 heavy (non-hydrogen) atoms. The Kier molecular flexibility index (Phi) is 2.85. The van der Waals surface area contributed by atoms with Crippen LogP contribution in [0.4, 0.5) is 0 Å². The lowest BCUT2D eigenvalue weighted by molar-refractivity contribution is 1.60. The molecule has 0 aliphatic heterocycles. The highest BCUT2D eigenvalue weighted by atomic mass is 28.3. The normalized spacial score (nSPS) is 10.7. The molecular weight excluding hydrogens is 136 g/mol. The Hall–Kier alpha value is -0.563. The highest BCUT2D eigenvalue weighted by molar-refractivity contribution is 6.83. The van der Waals surface area contributed by atoms with Crippen LogP contribution in [0, 0.1) is 0 Å². The molecule has 0 N–H and O–H groups in total. The van der Waals surface area contributed by atoms with Crippen molar-refractivity contribution >= 4 is 8.07 Å². The third-order valence-corrected chi connectivity index (χ3v) is 3.67. The predicted octanol–water partition coefficient (Wildman–Crippen LogP) is 3.16. The first kappa shape index (κ1) is 9.44. The summed E-state index contributed by atoms with van der Waals surface area (Å²) in [6.07, 6.45) is 1.78. The average molecular weight is 152 g/mol. The summed E-state index contributed by atoms with van der Waals surface area (Å²) in [6, 6.07) is 0. The van der Waals surface area contributed by atoms with Crippen molar-refractivity contribution in [3.63, 3.8) is 0 Å². The first-order chi connectivity index (χ1) is 4.39. The topological polar surface area (TPSA) is 0 Å². The van der Waals surface area contributed by atoms with Crippen LogP contribution in [0.1, 0.15) is 0 Å². The smallest absolute Gasteiger partial charge is 0.0775 e. The first-order valence-electron chi connectivity index (χ1n) is 3.40. The zero-order chi connectivity index (χ0) is 8.36. The second-order valence-electron chi connectivity index (χ2n) is 3.46. The summed E-state index contributed by atoms with van der Waals surface area (Å²) >= 11 is 0. The minimum absolute atomic E-state index is 0.999. The fourth-order valence-electron chi connectivity index (χ4n) is 0.605. The summed E-state index contributed by atoms with van der Waals surface area (Å²) in [5.74, 6) is 0. The molecule has 0 saturated heterocycles. The Morgan fingerprint density at radius 3 is 1.70 bits per heavy atom. The van der Waals surface area contributed by atoms with E-state index in [2.05, 4.69) is 39.4 Å². The maximum absolute atomic E-state index is 3.99. The summed E-state index contributed by atoms with van der Waals surface area (Å²) < 4.78 is 0. The van der Waals surface area contributed by atoms with Gasteiger partial charge in [-0.1, -0.05) is 50.7 Å². The fourth-order valence-corrected chi connectivity index (χ4v) is 1.67. The lowest BCUT2D eigenvalue weighted by Crippen LogP contribution is -2.23. The van der Waals surface area contributed by atoms with Crippen molar-refractivity contribution in [1.82, 2.24) is 0 Å². The summed E-state index contributed by atoms with van der Waals surface area (Å²) in [6.45, 7) is 18.3. The van der Waals surface area contributed by atoms with Gasteiger partial charge in [0, 0.05) is 0 Å². The number of hydrogen-bond donors (Lipinski definition) is 0. The Bertz CT molecular complexity index is 170. The fraction of sp³-hybridized carbons (Fsp3) is 0.333. The van der Waals surface area contributed by atoms with E-state index in [1.165, 1.54) is 5.20 Å². The molecule has 0 aliphatic rings. The average Bonchev–Trinajstić information content (AvgIpc) is 1.83. The van der Waals surface area contributed by atoms with E-state index in [1.54, 1.807) is 6.08 Å². The van der Waals surface area contributed by atoms with Crippen molar-refractivity contribution in [1.29, 1.82) is 0 Å². The molecule has 0 aromatic rings. The SMILES string of the molecule is C=CC(=C)C(=C)[Si](C)(C)C. The monoisotopic (exact) mass is 152 g/mol. The summed E-state index contributed by atoms with van der Waals surface area (Å²) in [5, 5.41) is 1.20. The molecule has 0 nitrogen and oxygen atoms in total. The van der Waals surface area contributed by atoms with Gasteiger partial charge in [-0.15, -0.1) is 0 Å². The molecule has 0 saturated carbocycles. The molecule has 0 aliphatic carbocycles. The van der Waals surface area contributed by atoms with Crippen LogP contribution in [-0.2, 0) is 0 Å². The van der Waals surface area contributed by atoms with Crippen molar-refractivity contribution in [2.24, 2.45) is 0 Å². The number of hydrogen-bond acceptors (Lipinski definition) is 0. The van der Waals surface area contributed by atoms with Crippen LogP contribution in [0.2, 0.25) is 19.6 Å². The van der Waals surface area contributed by atoms with Crippen LogP contribution in [0.3, 0.4) is 0 Å². The van der Waals surface area contributed by atoms with E-state index in [9.17, 15) is 0 Å². The first-order valence-corrected chi connectivity index (χ1v) is 6.90. The number of allylic oxidation sites excluding steroid dienone is 3. The zero-order valence-electron chi connectivity index (χ0n) is 7.20. The van der Waals surface area contributed by atoms with Crippen molar-refractivity contribution in [2.75, 3.05) is 0 Å². The summed E-state index contributed by atoms with van der Waals surface area (Å²) in [4.78, 5) is 0. The van der Waals surface area contributed by atoms with E-state index < -0.39 is 8.07 Å². The van der Waals surface area contributed by atoms with Gasteiger partial charge in [0.15, 0.2) is 0 Å². The predicted molar refractivity (Wildman–Crippen MR) is 51.8 cm³/mol. The molecular formula is C9H16Si. The summed E-state index contributed by atoms with van der Waals surface area (Å²) in [5.41, 5.74) is 0.999. The quantitative estimate of drug-likeness (QED) is 0.430. The van der Waals surface area contributed by atoms with Gasteiger partial charge in [0.05, 0.1) is 8.07 Å². The van der Waals surface area contributed by atoms with Gasteiger partial charge in [0.1, 0.15) is 0 Å². The second-order valence-corrected chi connectivity index (χ2v) is 8.56. The Balaban J connectivity index is 4.38. The van der Waals surface area contributed by atoms with E-state index in [4.69, 9.17) is 0 Å². The summed E-state index contributed by atoms with van der Waals surface area (Å²) in [7, 11) is -1.21. The zero-order valence-corrected chi connectivity index (χ0v) is 8.20. The Morgan fingerprint density at radius 1 is 1.20 bits per heavy atom. The van der Waals surface area contributed by atoms with Crippen LogP contribution in [0.25, 0.3) is 0 Å². The molecule has 0 amide bonds. The molecule has 0 aromatic heterocycles. The Morgan fingerprint density at radius 2 is 1.60 bits per heavy atom. The van der Waals surface area contributed by atoms with Crippen LogP contribution in [0.5, 0.6) is 0 Å². The maximum Gasteiger partial charge on any atom is 0.0775 e. The van der Waals surface area contributed by atoms with Crippen molar-refractivity contribution < 1.29 is 0 Å². The van der Waals surface area contributed by atoms with E-state index >= 15 is 0 Å². The Labute approximate surface area is 65.0 Å². The molecule has 1 heteroatoms. The second kappa shape index (κ2) is 3.02. The van der Waals surface area contributed by atoms with Gasteiger partial charge in [-0.25, -0.2) is 0 Å². The highest BCUT2D eigenvalue weighted by Gasteiger charge is 2.17. The molecule has 0 aromatic carbocycles. The molecule has 0 heterocycles. The van der Waals surface area contributed by atoms with E-state index in [0.29, 0.717) is 0 Å². The molecule has 0 radical (unpaired) electrons. The lowest BCUT2D eigenvalue weighted by atomic mass is 10.3. The van der Waals surface area contributed by atoms with Gasteiger partial charge in [0.2, 0.25) is 0 Å². The van der Waals surface area contributed by atoms with E-state index in [-0.39, 0.29) is 0 Å². The maximum atomic E-state index is 3.99. The molecule has 0 atom stereocenters. The van der Waals surface area contributed by atoms with Crippen molar-refractivity contribution in [2.45, 2.75) is 19.6 Å². The van der Waals surface area contributed by atoms with Crippen LogP contribution in [-0.4, -0.2) is 8.07 Å². The minimum atomic E-state index is -1.21. The third-order valence-electron chi connectivity index (χ3n) is 1.54. The highest BCUT2D eigenvalue weighted by Crippen LogP contribution is 2.19.